The minimum absolute atomic E-state index is 0.0656. The fourth-order valence-electron chi connectivity index (χ4n) is 3.69. The second-order valence-corrected chi connectivity index (χ2v) is 7.20. The first-order valence-corrected chi connectivity index (χ1v) is 8.53. The highest BCUT2D eigenvalue weighted by molar-refractivity contribution is 5.89. The summed E-state index contributed by atoms with van der Waals surface area (Å²) in [5.41, 5.74) is -0.723. The van der Waals surface area contributed by atoms with E-state index in [1.807, 2.05) is 11.9 Å². The highest BCUT2D eigenvalue weighted by atomic mass is 16.5. The van der Waals surface area contributed by atoms with Gasteiger partial charge < -0.3 is 25.0 Å². The van der Waals surface area contributed by atoms with E-state index in [1.54, 1.807) is 0 Å². The van der Waals surface area contributed by atoms with Crippen molar-refractivity contribution in [2.24, 2.45) is 5.92 Å². The summed E-state index contributed by atoms with van der Waals surface area (Å²) in [5.74, 6) is -0.228. The Kier molecular flexibility index (Phi) is 4.89. The van der Waals surface area contributed by atoms with Gasteiger partial charge in [-0.15, -0.1) is 0 Å². The summed E-state index contributed by atoms with van der Waals surface area (Å²) in [6.07, 6.45) is 2.09. The average molecular weight is 325 g/mol. The second-order valence-electron chi connectivity index (χ2n) is 7.20. The highest BCUT2D eigenvalue weighted by Gasteiger charge is 2.41. The molecule has 2 N–H and O–H groups in total. The predicted octanol–water partition coefficient (Wildman–Crippen LogP) is -0.803. The van der Waals surface area contributed by atoms with Crippen molar-refractivity contribution in [2.45, 2.75) is 37.3 Å². The number of nitrogens with one attached hydrogen (secondary N) is 1. The summed E-state index contributed by atoms with van der Waals surface area (Å²) >= 11 is 0. The van der Waals surface area contributed by atoms with Crippen molar-refractivity contribution < 1.29 is 19.4 Å². The van der Waals surface area contributed by atoms with E-state index in [9.17, 15) is 14.7 Å². The van der Waals surface area contributed by atoms with E-state index in [1.165, 1.54) is 0 Å². The molecule has 0 aromatic carbocycles. The normalized spacial score (nSPS) is 28.7. The van der Waals surface area contributed by atoms with Crippen LogP contribution in [-0.4, -0.2) is 84.8 Å². The van der Waals surface area contributed by atoms with Crippen LogP contribution in [0.25, 0.3) is 0 Å². The van der Waals surface area contributed by atoms with Crippen LogP contribution < -0.4 is 5.32 Å². The molecule has 7 nitrogen and oxygen atoms in total. The van der Waals surface area contributed by atoms with Gasteiger partial charge in [0, 0.05) is 45.8 Å². The minimum atomic E-state index is -0.723. The summed E-state index contributed by atoms with van der Waals surface area (Å²) in [5, 5.41) is 13.3. The molecule has 130 valence electrons. The smallest absolute Gasteiger partial charge is 0.225 e. The van der Waals surface area contributed by atoms with Gasteiger partial charge in [0.1, 0.15) is 0 Å². The third-order valence-electron chi connectivity index (χ3n) is 5.33. The number of carbonyl (C=O) groups excluding carboxylic acids is 2. The molecule has 3 saturated heterocycles. The zero-order chi connectivity index (χ0) is 16.4. The Hall–Kier alpha value is -1.18. The van der Waals surface area contributed by atoms with E-state index in [0.717, 1.165) is 13.1 Å². The van der Waals surface area contributed by atoms with Gasteiger partial charge in [-0.05, 0) is 26.3 Å². The van der Waals surface area contributed by atoms with Gasteiger partial charge in [0.15, 0.2) is 0 Å². The fourth-order valence-corrected chi connectivity index (χ4v) is 3.69. The Balaban J connectivity index is 1.41. The molecule has 0 aliphatic carbocycles. The Bertz CT molecular complexity index is 458. The van der Waals surface area contributed by atoms with Crippen LogP contribution in [0.2, 0.25) is 0 Å². The van der Waals surface area contributed by atoms with Gasteiger partial charge in [-0.3, -0.25) is 9.59 Å². The lowest BCUT2D eigenvalue weighted by Gasteiger charge is -2.42. The molecule has 0 radical (unpaired) electrons. The van der Waals surface area contributed by atoms with E-state index in [4.69, 9.17) is 4.74 Å². The van der Waals surface area contributed by atoms with Gasteiger partial charge in [0.2, 0.25) is 11.8 Å². The number of nitrogens with zero attached hydrogens (tertiary/aromatic N) is 2. The van der Waals surface area contributed by atoms with Crippen LogP contribution >= 0.6 is 0 Å². The molecule has 0 aromatic heterocycles. The van der Waals surface area contributed by atoms with Crippen molar-refractivity contribution in [2.75, 3.05) is 46.4 Å². The van der Waals surface area contributed by atoms with Crippen LogP contribution in [0.15, 0.2) is 0 Å². The van der Waals surface area contributed by atoms with Crippen LogP contribution in [0.5, 0.6) is 0 Å². The number of ether oxygens (including phenoxy) is 1. The number of aliphatic hydroxyl groups is 1. The lowest BCUT2D eigenvalue weighted by molar-refractivity contribution is -0.132. The van der Waals surface area contributed by atoms with E-state index in [2.05, 4.69) is 10.2 Å². The molecule has 0 aromatic rings. The van der Waals surface area contributed by atoms with Crippen molar-refractivity contribution in [3.63, 3.8) is 0 Å². The van der Waals surface area contributed by atoms with E-state index < -0.39 is 5.60 Å². The molecule has 3 heterocycles. The number of likely N-dealkylation sites (N-methyl/N-ethyl adjacent to an activating group) is 1. The maximum absolute atomic E-state index is 12.3. The Labute approximate surface area is 136 Å². The minimum Gasteiger partial charge on any atom is -0.390 e. The second kappa shape index (κ2) is 6.75. The van der Waals surface area contributed by atoms with E-state index in [0.29, 0.717) is 52.0 Å². The summed E-state index contributed by atoms with van der Waals surface area (Å²) in [7, 11) is 2.03. The zero-order valence-electron chi connectivity index (χ0n) is 13.8. The third kappa shape index (κ3) is 3.84. The molecule has 7 heteroatoms. The van der Waals surface area contributed by atoms with Crippen molar-refractivity contribution in [1.29, 1.82) is 0 Å². The summed E-state index contributed by atoms with van der Waals surface area (Å²) < 4.78 is 5.25. The molecule has 2 amide bonds. The van der Waals surface area contributed by atoms with Crippen LogP contribution in [0.3, 0.4) is 0 Å². The van der Waals surface area contributed by atoms with E-state index in [-0.39, 0.29) is 23.8 Å². The number of hydrogen-bond donors (Lipinski definition) is 2. The topological polar surface area (TPSA) is 82.1 Å². The van der Waals surface area contributed by atoms with Gasteiger partial charge in [0.25, 0.3) is 0 Å². The van der Waals surface area contributed by atoms with Gasteiger partial charge in [-0.1, -0.05) is 0 Å². The number of hydrogen-bond acceptors (Lipinski definition) is 5. The molecule has 3 aliphatic heterocycles. The number of likely N-dealkylation sites (tertiary alicyclic amines) is 2. The molecule has 23 heavy (non-hydrogen) atoms. The van der Waals surface area contributed by atoms with Gasteiger partial charge in [-0.2, -0.15) is 0 Å². The molecule has 3 aliphatic rings. The third-order valence-corrected chi connectivity index (χ3v) is 5.33. The molecule has 3 fully saturated rings. The van der Waals surface area contributed by atoms with Crippen LogP contribution in [-0.2, 0) is 14.3 Å². The zero-order valence-corrected chi connectivity index (χ0v) is 13.8. The van der Waals surface area contributed by atoms with E-state index >= 15 is 0 Å². The average Bonchev–Trinajstić information content (AvgIpc) is 2.86. The first-order valence-electron chi connectivity index (χ1n) is 8.53. The molecule has 1 unspecified atom stereocenters. The summed E-state index contributed by atoms with van der Waals surface area (Å²) in [4.78, 5) is 28.4. The van der Waals surface area contributed by atoms with Gasteiger partial charge >= 0.3 is 0 Å². The lowest BCUT2D eigenvalue weighted by atomic mass is 9.91. The first-order chi connectivity index (χ1) is 11.0. The van der Waals surface area contributed by atoms with Crippen molar-refractivity contribution in [3.05, 3.63) is 0 Å². The quantitative estimate of drug-likeness (QED) is 0.691. The van der Waals surface area contributed by atoms with Crippen LogP contribution in [0.4, 0.5) is 0 Å². The number of carbonyl (C=O) groups is 2. The highest BCUT2D eigenvalue weighted by Crippen LogP contribution is 2.25. The van der Waals surface area contributed by atoms with Crippen molar-refractivity contribution in [3.8, 4) is 0 Å². The molecule has 0 saturated carbocycles. The summed E-state index contributed by atoms with van der Waals surface area (Å²) in [6.45, 7) is 3.93. The fraction of sp³-hybridized carbons (Fsp3) is 0.875. The standard InChI is InChI=1S/C16H27N3O4/c1-18-10-13(11-18)19-9-12(8-14(19)20)15(21)17-5-2-16(22)3-6-23-7-4-16/h12-13,22H,2-11H2,1H3,(H,17,21). The SMILES string of the molecule is CN1CC(N2CC(C(=O)NCCC3(O)CCOCC3)CC2=O)C1. The molecule has 3 rings (SSSR count). The molecular weight excluding hydrogens is 298 g/mol. The molecule has 0 spiro atoms. The monoisotopic (exact) mass is 325 g/mol. The Morgan fingerprint density at radius 1 is 1.35 bits per heavy atom. The number of amides is 2. The Morgan fingerprint density at radius 3 is 2.70 bits per heavy atom. The molecular formula is C16H27N3O4. The molecule has 1 atom stereocenters. The number of rotatable bonds is 5. The van der Waals surface area contributed by atoms with Crippen LogP contribution in [0.1, 0.15) is 25.7 Å². The predicted molar refractivity (Wildman–Crippen MR) is 83.7 cm³/mol. The van der Waals surface area contributed by atoms with Gasteiger partial charge in [0.05, 0.1) is 17.6 Å². The lowest BCUT2D eigenvalue weighted by Crippen LogP contribution is -2.58. The maximum Gasteiger partial charge on any atom is 0.225 e. The van der Waals surface area contributed by atoms with Gasteiger partial charge in [-0.25, -0.2) is 0 Å². The van der Waals surface area contributed by atoms with Crippen molar-refractivity contribution in [1.82, 2.24) is 15.1 Å². The Morgan fingerprint density at radius 2 is 2.04 bits per heavy atom. The molecule has 0 bridgehead atoms. The first kappa shape index (κ1) is 16.7. The maximum atomic E-state index is 12.3. The summed E-state index contributed by atoms with van der Waals surface area (Å²) in [6, 6.07) is 0.272. The van der Waals surface area contributed by atoms with Crippen LogP contribution in [0, 0.1) is 5.92 Å². The largest absolute Gasteiger partial charge is 0.390 e. The van der Waals surface area contributed by atoms with Crippen molar-refractivity contribution >= 4 is 11.8 Å².